The number of carbonyl (C=O) groups excluding carboxylic acids is 3. The van der Waals surface area contributed by atoms with Crippen molar-refractivity contribution < 1.29 is 28.6 Å². The zero-order valence-electron chi connectivity index (χ0n) is 40.2. The van der Waals surface area contributed by atoms with Crippen LogP contribution in [0.15, 0.2) is 60.8 Å². The highest BCUT2D eigenvalue weighted by Crippen LogP contribution is 2.14. The van der Waals surface area contributed by atoms with Crippen molar-refractivity contribution in [1.82, 2.24) is 0 Å². The largest absolute Gasteiger partial charge is 0.462 e. The molecule has 0 bridgehead atoms. The summed E-state index contributed by atoms with van der Waals surface area (Å²) >= 11 is 0. The molecule has 0 N–H and O–H groups in total. The fourth-order valence-electron chi connectivity index (χ4n) is 7.08. The number of carbonyl (C=O) groups is 3. The van der Waals surface area contributed by atoms with E-state index < -0.39 is 6.10 Å². The number of unbranched alkanes of at least 4 members (excludes halogenated alkanes) is 25. The molecule has 0 radical (unpaired) electrons. The second kappa shape index (κ2) is 49.8. The summed E-state index contributed by atoms with van der Waals surface area (Å²) in [5, 5.41) is 0. The number of allylic oxidation sites excluding steroid dienone is 10. The Hall–Kier alpha value is -2.89. The van der Waals surface area contributed by atoms with Gasteiger partial charge >= 0.3 is 17.9 Å². The third-order valence-electron chi connectivity index (χ3n) is 11.0. The molecule has 0 heterocycles. The van der Waals surface area contributed by atoms with Gasteiger partial charge in [0.1, 0.15) is 13.2 Å². The molecule has 61 heavy (non-hydrogen) atoms. The van der Waals surface area contributed by atoms with E-state index in [0.29, 0.717) is 19.3 Å². The van der Waals surface area contributed by atoms with Crippen molar-refractivity contribution in [2.75, 3.05) is 13.2 Å². The van der Waals surface area contributed by atoms with Gasteiger partial charge in [0.05, 0.1) is 0 Å². The Labute approximate surface area is 377 Å². The van der Waals surface area contributed by atoms with E-state index in [4.69, 9.17) is 14.2 Å². The smallest absolute Gasteiger partial charge is 0.306 e. The number of esters is 3. The summed E-state index contributed by atoms with van der Waals surface area (Å²) in [6.45, 7) is 6.54. The Balaban J connectivity index is 4.44. The molecule has 6 heteroatoms. The molecule has 0 aliphatic carbocycles. The van der Waals surface area contributed by atoms with E-state index in [1.165, 1.54) is 128 Å². The molecule has 1 atom stereocenters. The zero-order chi connectivity index (χ0) is 44.4. The minimum atomic E-state index is -0.797. The second-order valence-corrected chi connectivity index (χ2v) is 17.1. The first-order valence-corrected chi connectivity index (χ1v) is 25.8. The van der Waals surface area contributed by atoms with Crippen LogP contribution in [0, 0.1) is 0 Å². The summed E-state index contributed by atoms with van der Waals surface area (Å²) < 4.78 is 16.7. The lowest BCUT2D eigenvalue weighted by atomic mass is 10.1. The van der Waals surface area contributed by atoms with Crippen LogP contribution in [0.25, 0.3) is 0 Å². The lowest BCUT2D eigenvalue weighted by Gasteiger charge is -2.18. The Bertz CT molecular complexity index is 1120. The SMILES string of the molecule is CCCCC/C=C\C/C=C\C/C=C\C/C=C\CCCC(=O)OCC(COC(=O)CCCCCCCCCCCC)OC(=O)CCCCCCC/C=C\CCCCCCCCC. The molecule has 0 spiro atoms. The Morgan fingerprint density at radius 2 is 0.607 bits per heavy atom. The first kappa shape index (κ1) is 58.1. The maximum absolute atomic E-state index is 12.8. The lowest BCUT2D eigenvalue weighted by molar-refractivity contribution is -0.167. The molecule has 0 aliphatic heterocycles. The van der Waals surface area contributed by atoms with Gasteiger partial charge in [-0.05, 0) is 83.5 Å². The van der Waals surface area contributed by atoms with Crippen LogP contribution in [0.3, 0.4) is 0 Å². The zero-order valence-corrected chi connectivity index (χ0v) is 40.2. The van der Waals surface area contributed by atoms with Gasteiger partial charge in [0, 0.05) is 19.3 Å². The first-order chi connectivity index (χ1) is 30.0. The van der Waals surface area contributed by atoms with Crippen LogP contribution in [-0.4, -0.2) is 37.2 Å². The van der Waals surface area contributed by atoms with Crippen LogP contribution in [0.5, 0.6) is 0 Å². The minimum Gasteiger partial charge on any atom is -0.462 e. The normalized spacial score (nSPS) is 12.5. The third kappa shape index (κ3) is 48.0. The molecule has 0 aromatic heterocycles. The molecule has 352 valence electrons. The van der Waals surface area contributed by atoms with Crippen LogP contribution >= 0.6 is 0 Å². The Morgan fingerprint density at radius 3 is 1.03 bits per heavy atom. The van der Waals surface area contributed by atoms with Gasteiger partial charge in [-0.3, -0.25) is 14.4 Å². The van der Waals surface area contributed by atoms with E-state index in [-0.39, 0.29) is 37.5 Å². The highest BCUT2D eigenvalue weighted by molar-refractivity contribution is 5.71. The Kier molecular flexibility index (Phi) is 47.4. The van der Waals surface area contributed by atoms with Gasteiger partial charge in [0.25, 0.3) is 0 Å². The topological polar surface area (TPSA) is 78.9 Å². The molecular formula is C55H96O6. The fourth-order valence-corrected chi connectivity index (χ4v) is 7.08. The average Bonchev–Trinajstić information content (AvgIpc) is 3.26. The van der Waals surface area contributed by atoms with Gasteiger partial charge < -0.3 is 14.2 Å². The molecule has 0 saturated carbocycles. The summed E-state index contributed by atoms with van der Waals surface area (Å²) in [5.41, 5.74) is 0. The van der Waals surface area contributed by atoms with Gasteiger partial charge in [-0.2, -0.15) is 0 Å². The average molecular weight is 853 g/mol. The molecule has 0 rings (SSSR count). The number of hydrogen-bond donors (Lipinski definition) is 0. The predicted octanol–water partition coefficient (Wildman–Crippen LogP) is 16.9. The molecule has 0 saturated heterocycles. The van der Waals surface area contributed by atoms with Crippen molar-refractivity contribution in [3.05, 3.63) is 60.8 Å². The molecule has 6 nitrogen and oxygen atoms in total. The van der Waals surface area contributed by atoms with Gasteiger partial charge in [-0.1, -0.05) is 210 Å². The van der Waals surface area contributed by atoms with Crippen LogP contribution < -0.4 is 0 Å². The highest BCUT2D eigenvalue weighted by atomic mass is 16.6. The van der Waals surface area contributed by atoms with E-state index in [1.807, 2.05) is 0 Å². The van der Waals surface area contributed by atoms with Crippen LogP contribution in [0.1, 0.15) is 252 Å². The molecular weight excluding hydrogens is 757 g/mol. The molecule has 0 amide bonds. The van der Waals surface area contributed by atoms with Gasteiger partial charge in [-0.25, -0.2) is 0 Å². The molecule has 0 fully saturated rings. The van der Waals surface area contributed by atoms with Gasteiger partial charge in [0.2, 0.25) is 0 Å². The lowest BCUT2D eigenvalue weighted by Crippen LogP contribution is -2.30. The van der Waals surface area contributed by atoms with E-state index in [0.717, 1.165) is 77.0 Å². The molecule has 0 aromatic carbocycles. The number of hydrogen-bond acceptors (Lipinski definition) is 6. The predicted molar refractivity (Wildman–Crippen MR) is 261 cm³/mol. The van der Waals surface area contributed by atoms with Crippen molar-refractivity contribution in [2.24, 2.45) is 0 Å². The maximum atomic E-state index is 12.8. The summed E-state index contributed by atoms with van der Waals surface area (Å²) in [7, 11) is 0. The van der Waals surface area contributed by atoms with Crippen LogP contribution in [0.4, 0.5) is 0 Å². The quantitative estimate of drug-likeness (QED) is 0.0263. The summed E-state index contributed by atoms with van der Waals surface area (Å²) in [6, 6.07) is 0. The van der Waals surface area contributed by atoms with Crippen molar-refractivity contribution in [3.63, 3.8) is 0 Å². The molecule has 1 unspecified atom stereocenters. The number of ether oxygens (including phenoxy) is 3. The van der Waals surface area contributed by atoms with Crippen molar-refractivity contribution in [3.8, 4) is 0 Å². The summed E-state index contributed by atoms with van der Waals surface area (Å²) in [6.07, 6.45) is 60.6. The monoisotopic (exact) mass is 853 g/mol. The van der Waals surface area contributed by atoms with Gasteiger partial charge in [0.15, 0.2) is 6.10 Å². The molecule has 0 aromatic rings. The first-order valence-electron chi connectivity index (χ1n) is 25.8. The standard InChI is InChI=1S/C55H96O6/c1-4-7-10-13-16-19-22-24-26-28-30-31-33-36-39-42-45-48-54(57)60-51-52(50-59-53(56)47-44-41-38-35-21-18-15-12-9-6-3)61-55(58)49-46-43-40-37-34-32-29-27-25-23-20-17-14-11-8-5-2/h16,19,24,26-27,29-31,36,39,52H,4-15,17-18,20-23,25,28,32-35,37-38,40-51H2,1-3H3/b19-16-,26-24-,29-27-,31-30-,39-36-. The van der Waals surface area contributed by atoms with Crippen LogP contribution in [0.2, 0.25) is 0 Å². The molecule has 0 aliphatic rings. The van der Waals surface area contributed by atoms with E-state index >= 15 is 0 Å². The van der Waals surface area contributed by atoms with Crippen molar-refractivity contribution in [1.29, 1.82) is 0 Å². The van der Waals surface area contributed by atoms with Gasteiger partial charge in [-0.15, -0.1) is 0 Å². The second-order valence-electron chi connectivity index (χ2n) is 17.1. The third-order valence-corrected chi connectivity index (χ3v) is 11.0. The van der Waals surface area contributed by atoms with Crippen LogP contribution in [-0.2, 0) is 28.6 Å². The Morgan fingerprint density at radius 1 is 0.328 bits per heavy atom. The summed E-state index contributed by atoms with van der Waals surface area (Å²) in [4.78, 5) is 37.9. The minimum absolute atomic E-state index is 0.0929. The summed E-state index contributed by atoms with van der Waals surface area (Å²) in [5.74, 6) is -0.958. The van der Waals surface area contributed by atoms with E-state index in [2.05, 4.69) is 81.5 Å². The number of rotatable bonds is 46. The highest BCUT2D eigenvalue weighted by Gasteiger charge is 2.19. The van der Waals surface area contributed by atoms with Crippen molar-refractivity contribution >= 4 is 17.9 Å². The fraction of sp³-hybridized carbons (Fsp3) is 0.764. The maximum Gasteiger partial charge on any atom is 0.306 e. The van der Waals surface area contributed by atoms with E-state index in [9.17, 15) is 14.4 Å². The van der Waals surface area contributed by atoms with E-state index in [1.54, 1.807) is 0 Å². The van der Waals surface area contributed by atoms with Crippen molar-refractivity contribution in [2.45, 2.75) is 258 Å².